The Kier molecular flexibility index (Phi) is 10.6. The maximum Gasteiger partial charge on any atom is 0.408 e. The molecule has 15 heteroatoms. The third kappa shape index (κ3) is 8.04. The van der Waals surface area contributed by atoms with E-state index in [1.807, 2.05) is 36.4 Å². The Morgan fingerprint density at radius 3 is 2.29 bits per heavy atom. The van der Waals surface area contributed by atoms with Crippen molar-refractivity contribution in [2.45, 2.75) is 102 Å². The number of benzene rings is 2. The minimum Gasteiger partial charge on any atom is -0.497 e. The zero-order chi connectivity index (χ0) is 41.0. The summed E-state index contributed by atoms with van der Waals surface area (Å²) in [6.07, 6.45) is 0.401. The molecule has 1 aromatic heterocycles. The van der Waals surface area contributed by atoms with Gasteiger partial charge in [0.1, 0.15) is 35.2 Å². The van der Waals surface area contributed by atoms with Crippen LogP contribution >= 0.6 is 0 Å². The number of pyridine rings is 1. The standard InChI is InChI=1S/C41H51N5O9S/c1-9-25-22-41(25,37(49)44-56(52,53)28-16-17-28)43-35(47)32-20-27(23-45(32)36(48)34(39(2,3)4)46(38(50)51)40(5,6)7)55-33-21-30(24-13-11-10-12-14-24)42-31-19-26(54-8)15-18-29(31)33/h9-15,18-19,21,25,27-28,32,34H,1,16-17,20,22-23H2,2-8H3,(H,43,47)(H,44,49)(H,50,51)/t25-,27-,32+,34-,41-/m1/s1. The molecule has 0 unspecified atom stereocenters. The first-order chi connectivity index (χ1) is 26.2. The highest BCUT2D eigenvalue weighted by Crippen LogP contribution is 2.46. The summed E-state index contributed by atoms with van der Waals surface area (Å²) in [7, 11) is -2.37. The number of amides is 4. The normalized spacial score (nSPS) is 22.8. The SMILES string of the molecule is C=C[C@@H]1C[C@]1(NC(=O)[C@@H]1C[C@@H](Oc2cc(-c3ccccc3)nc3cc(OC)ccc23)CN1C(=O)[C@@H](N(C(=O)O)C(C)(C)C)C(C)(C)C)C(=O)NS(=O)(=O)C1CC1. The smallest absolute Gasteiger partial charge is 0.408 e. The first-order valence-corrected chi connectivity index (χ1v) is 20.3. The Bertz CT molecular complexity index is 2160. The quantitative estimate of drug-likeness (QED) is 0.208. The van der Waals surface area contributed by atoms with Gasteiger partial charge < -0.3 is 24.8 Å². The number of likely N-dealkylation sites (tertiary alicyclic amines) is 1. The van der Waals surface area contributed by atoms with Crippen molar-refractivity contribution in [3.8, 4) is 22.8 Å². The van der Waals surface area contributed by atoms with Crippen molar-refractivity contribution in [2.75, 3.05) is 13.7 Å². The molecule has 0 bridgehead atoms. The zero-order valence-electron chi connectivity index (χ0n) is 32.9. The molecule has 300 valence electrons. The Labute approximate surface area is 327 Å². The number of ether oxygens (including phenoxy) is 2. The Hall–Kier alpha value is -5.18. The van der Waals surface area contributed by atoms with E-state index in [9.17, 15) is 32.7 Å². The average molecular weight is 790 g/mol. The number of carbonyl (C=O) groups is 4. The van der Waals surface area contributed by atoms with Gasteiger partial charge in [-0.1, -0.05) is 57.2 Å². The molecule has 0 radical (unpaired) electrons. The number of carbonyl (C=O) groups excluding carboxylic acids is 3. The highest BCUT2D eigenvalue weighted by Gasteiger charge is 2.62. The van der Waals surface area contributed by atoms with Crippen LogP contribution < -0.4 is 19.5 Å². The van der Waals surface area contributed by atoms with Crippen molar-refractivity contribution >= 4 is 44.7 Å². The number of sulfonamides is 1. The Balaban J connectivity index is 1.39. The second-order valence-corrected chi connectivity index (χ2v) is 19.0. The predicted octanol–water partition coefficient (Wildman–Crippen LogP) is 5.12. The van der Waals surface area contributed by atoms with Gasteiger partial charge in [0.15, 0.2) is 0 Å². The van der Waals surface area contributed by atoms with Gasteiger partial charge in [-0.15, -0.1) is 6.58 Å². The summed E-state index contributed by atoms with van der Waals surface area (Å²) in [6, 6.07) is 14.3. The van der Waals surface area contributed by atoms with Gasteiger partial charge in [0.05, 0.1) is 30.1 Å². The van der Waals surface area contributed by atoms with Gasteiger partial charge in [0.2, 0.25) is 21.8 Å². The lowest BCUT2D eigenvalue weighted by Crippen LogP contribution is -2.64. The van der Waals surface area contributed by atoms with Crippen LogP contribution in [0.5, 0.6) is 11.5 Å². The molecule has 6 rings (SSSR count). The summed E-state index contributed by atoms with van der Waals surface area (Å²) >= 11 is 0. The predicted molar refractivity (Wildman–Crippen MR) is 210 cm³/mol. The molecule has 2 aliphatic carbocycles. The van der Waals surface area contributed by atoms with Crippen LogP contribution in [-0.2, 0) is 24.4 Å². The largest absolute Gasteiger partial charge is 0.497 e. The molecule has 14 nitrogen and oxygen atoms in total. The molecule has 1 saturated heterocycles. The zero-order valence-corrected chi connectivity index (χ0v) is 33.7. The molecule has 3 aromatic rings. The number of nitrogens with zero attached hydrogens (tertiary/aromatic N) is 3. The Morgan fingerprint density at radius 1 is 1.05 bits per heavy atom. The maximum absolute atomic E-state index is 14.9. The fourth-order valence-electron chi connectivity index (χ4n) is 7.54. The van der Waals surface area contributed by atoms with E-state index in [2.05, 4.69) is 16.6 Å². The van der Waals surface area contributed by atoms with Crippen LogP contribution in [0.25, 0.3) is 22.2 Å². The first kappa shape index (κ1) is 40.5. The van der Waals surface area contributed by atoms with E-state index in [0.29, 0.717) is 40.9 Å². The van der Waals surface area contributed by atoms with Gasteiger partial charge in [-0.05, 0) is 57.6 Å². The summed E-state index contributed by atoms with van der Waals surface area (Å²) in [5.41, 5.74) is -1.47. The minimum atomic E-state index is -3.93. The topological polar surface area (TPSA) is 185 Å². The van der Waals surface area contributed by atoms with Gasteiger partial charge in [-0.25, -0.2) is 18.2 Å². The molecule has 3 N–H and O–H groups in total. The van der Waals surface area contributed by atoms with Crippen molar-refractivity contribution in [1.29, 1.82) is 0 Å². The van der Waals surface area contributed by atoms with Crippen LogP contribution in [0.2, 0.25) is 0 Å². The molecule has 56 heavy (non-hydrogen) atoms. The van der Waals surface area contributed by atoms with Gasteiger partial charge in [0.25, 0.3) is 5.91 Å². The third-order valence-corrected chi connectivity index (χ3v) is 12.5. The molecule has 1 aliphatic heterocycles. The van der Waals surface area contributed by atoms with Crippen LogP contribution in [-0.4, -0.2) is 100 Å². The number of hydrogen-bond acceptors (Lipinski definition) is 9. The molecule has 3 fully saturated rings. The van der Waals surface area contributed by atoms with Crippen molar-refractivity contribution < 1.29 is 42.2 Å². The van der Waals surface area contributed by atoms with E-state index in [1.165, 1.54) is 11.0 Å². The number of aromatic nitrogens is 1. The second-order valence-electron chi connectivity index (χ2n) is 17.0. The lowest BCUT2D eigenvalue weighted by atomic mass is 9.82. The fraction of sp³-hybridized carbons (Fsp3) is 0.488. The van der Waals surface area contributed by atoms with Crippen molar-refractivity contribution in [3.63, 3.8) is 0 Å². The summed E-state index contributed by atoms with van der Waals surface area (Å²) < 4.78 is 39.9. The molecule has 3 aliphatic rings. The lowest BCUT2D eigenvalue weighted by Gasteiger charge is -2.46. The molecule has 0 spiro atoms. The number of hydrogen-bond donors (Lipinski definition) is 3. The molecule has 2 saturated carbocycles. The van der Waals surface area contributed by atoms with Gasteiger partial charge in [0, 0.05) is 41.0 Å². The molecule has 2 heterocycles. The van der Waals surface area contributed by atoms with E-state index in [0.717, 1.165) is 10.5 Å². The number of methoxy groups -OCH3 is 1. The lowest BCUT2D eigenvalue weighted by molar-refractivity contribution is -0.148. The number of carboxylic acid groups (broad SMARTS) is 1. The van der Waals surface area contributed by atoms with E-state index < -0.39 is 79.7 Å². The molecule has 2 aromatic carbocycles. The van der Waals surface area contributed by atoms with Gasteiger partial charge in [-0.3, -0.25) is 24.0 Å². The van der Waals surface area contributed by atoms with Crippen LogP contribution in [0.15, 0.2) is 67.3 Å². The summed E-state index contributed by atoms with van der Waals surface area (Å²) in [4.78, 5) is 63.2. The van der Waals surface area contributed by atoms with Gasteiger partial charge >= 0.3 is 6.09 Å². The second kappa shape index (κ2) is 14.7. The molecule has 4 amide bonds. The average Bonchev–Trinajstić information content (AvgIpc) is 4.06. The maximum atomic E-state index is 14.9. The third-order valence-electron chi connectivity index (χ3n) is 10.7. The van der Waals surface area contributed by atoms with E-state index in [1.54, 1.807) is 66.9 Å². The van der Waals surface area contributed by atoms with Crippen molar-refractivity contribution in [2.24, 2.45) is 11.3 Å². The van der Waals surface area contributed by atoms with Crippen LogP contribution in [0.1, 0.15) is 67.2 Å². The molecular weight excluding hydrogens is 739 g/mol. The van der Waals surface area contributed by atoms with Crippen LogP contribution in [0.4, 0.5) is 4.79 Å². The summed E-state index contributed by atoms with van der Waals surface area (Å²) in [5, 5.41) is 13.3. The van der Waals surface area contributed by atoms with Crippen molar-refractivity contribution in [1.82, 2.24) is 24.8 Å². The minimum absolute atomic E-state index is 0.0194. The highest BCUT2D eigenvalue weighted by atomic mass is 32.2. The van der Waals surface area contributed by atoms with E-state index in [-0.39, 0.29) is 19.4 Å². The summed E-state index contributed by atoms with van der Waals surface area (Å²) in [6.45, 7) is 14.1. The van der Waals surface area contributed by atoms with E-state index >= 15 is 0 Å². The number of nitrogens with one attached hydrogen (secondary N) is 2. The fourth-order valence-corrected chi connectivity index (χ4v) is 8.90. The summed E-state index contributed by atoms with van der Waals surface area (Å²) in [5.74, 6) is -1.70. The van der Waals surface area contributed by atoms with Crippen molar-refractivity contribution in [3.05, 3.63) is 67.3 Å². The monoisotopic (exact) mass is 789 g/mol. The van der Waals surface area contributed by atoms with Crippen LogP contribution in [0, 0.1) is 11.3 Å². The highest BCUT2D eigenvalue weighted by molar-refractivity contribution is 7.91. The van der Waals surface area contributed by atoms with E-state index in [4.69, 9.17) is 14.5 Å². The molecular formula is C41H51N5O9S. The number of fused-ring (bicyclic) bond motifs is 1. The first-order valence-electron chi connectivity index (χ1n) is 18.7. The number of rotatable bonds is 12. The molecule has 5 atom stereocenters. The van der Waals surface area contributed by atoms with Gasteiger partial charge in [-0.2, -0.15) is 0 Å². The van der Waals surface area contributed by atoms with Crippen LogP contribution in [0.3, 0.4) is 0 Å². The Morgan fingerprint density at radius 2 is 1.73 bits per heavy atom.